The van der Waals surface area contributed by atoms with Crippen molar-refractivity contribution in [1.29, 1.82) is 0 Å². The minimum atomic E-state index is 0.176. The molecule has 1 heterocycles. The largest absolute Gasteiger partial charge is 0.338 e. The predicted octanol–water partition coefficient (Wildman–Crippen LogP) is 1.18. The van der Waals surface area contributed by atoms with Gasteiger partial charge in [0, 0.05) is 32.9 Å². The van der Waals surface area contributed by atoms with Crippen molar-refractivity contribution in [3.8, 4) is 0 Å². The van der Waals surface area contributed by atoms with Gasteiger partial charge < -0.3 is 9.47 Å². The van der Waals surface area contributed by atoms with Crippen molar-refractivity contribution in [2.75, 3.05) is 7.05 Å². The molecule has 0 saturated carbocycles. The van der Waals surface area contributed by atoms with Crippen LogP contribution in [0.4, 0.5) is 0 Å². The molecule has 1 rings (SSSR count). The standard InChI is InChI=1S/C10H17N3O/c1-4-5-10(14)13(3)8-9-11-6-7-12(9)2/h6-7H,4-5,8H2,1-3H3. The molecule has 0 saturated heterocycles. The lowest BCUT2D eigenvalue weighted by Gasteiger charge is -2.16. The van der Waals surface area contributed by atoms with E-state index in [9.17, 15) is 4.79 Å². The number of carbonyl (C=O) groups excluding carboxylic acids is 1. The lowest BCUT2D eigenvalue weighted by atomic mass is 10.3. The second-order valence-electron chi connectivity index (χ2n) is 3.45. The van der Waals surface area contributed by atoms with Crippen LogP contribution in [0.15, 0.2) is 12.4 Å². The van der Waals surface area contributed by atoms with E-state index in [1.165, 1.54) is 0 Å². The lowest BCUT2D eigenvalue weighted by Crippen LogP contribution is -2.27. The SMILES string of the molecule is CCCC(=O)N(C)Cc1nccn1C. The van der Waals surface area contributed by atoms with Crippen molar-refractivity contribution < 1.29 is 4.79 Å². The van der Waals surface area contributed by atoms with Gasteiger partial charge in [0.15, 0.2) is 0 Å². The zero-order valence-corrected chi connectivity index (χ0v) is 9.03. The van der Waals surface area contributed by atoms with Crippen LogP contribution >= 0.6 is 0 Å². The first kappa shape index (κ1) is 10.8. The molecular formula is C10H17N3O. The molecule has 78 valence electrons. The van der Waals surface area contributed by atoms with Crippen LogP contribution in [0.25, 0.3) is 0 Å². The molecule has 0 aromatic carbocycles. The molecule has 0 fully saturated rings. The van der Waals surface area contributed by atoms with Crippen LogP contribution in [0.1, 0.15) is 25.6 Å². The van der Waals surface area contributed by atoms with E-state index in [2.05, 4.69) is 4.98 Å². The van der Waals surface area contributed by atoms with Gasteiger partial charge in [-0.3, -0.25) is 4.79 Å². The number of amides is 1. The van der Waals surface area contributed by atoms with E-state index in [1.54, 1.807) is 11.1 Å². The summed E-state index contributed by atoms with van der Waals surface area (Å²) in [6.07, 6.45) is 5.13. The number of rotatable bonds is 4. The molecular weight excluding hydrogens is 178 g/mol. The van der Waals surface area contributed by atoms with E-state index in [-0.39, 0.29) is 5.91 Å². The maximum Gasteiger partial charge on any atom is 0.222 e. The predicted molar refractivity (Wildman–Crippen MR) is 54.6 cm³/mol. The molecule has 0 aliphatic carbocycles. The van der Waals surface area contributed by atoms with Gasteiger partial charge in [0.05, 0.1) is 6.54 Å². The van der Waals surface area contributed by atoms with Crippen molar-refractivity contribution in [1.82, 2.24) is 14.5 Å². The van der Waals surface area contributed by atoms with Crippen molar-refractivity contribution in [2.24, 2.45) is 7.05 Å². The average Bonchev–Trinajstić information content (AvgIpc) is 2.52. The maximum absolute atomic E-state index is 11.5. The molecule has 0 aliphatic heterocycles. The summed E-state index contributed by atoms with van der Waals surface area (Å²) in [6, 6.07) is 0. The van der Waals surface area contributed by atoms with E-state index in [1.807, 2.05) is 31.8 Å². The third-order valence-corrected chi connectivity index (χ3v) is 2.19. The number of imidazole rings is 1. The summed E-state index contributed by atoms with van der Waals surface area (Å²) in [5.74, 6) is 1.09. The highest BCUT2D eigenvalue weighted by Crippen LogP contribution is 2.02. The fraction of sp³-hybridized carbons (Fsp3) is 0.600. The smallest absolute Gasteiger partial charge is 0.222 e. The first-order valence-corrected chi connectivity index (χ1v) is 4.85. The van der Waals surface area contributed by atoms with Gasteiger partial charge in [0.2, 0.25) is 5.91 Å². The maximum atomic E-state index is 11.5. The lowest BCUT2D eigenvalue weighted by molar-refractivity contribution is -0.130. The van der Waals surface area contributed by atoms with Crippen molar-refractivity contribution in [3.63, 3.8) is 0 Å². The Balaban J connectivity index is 2.52. The Bertz CT molecular complexity index is 306. The van der Waals surface area contributed by atoms with Gasteiger partial charge in [-0.1, -0.05) is 6.92 Å². The van der Waals surface area contributed by atoms with Gasteiger partial charge in [0.1, 0.15) is 5.82 Å². The Morgan fingerprint density at radius 3 is 2.86 bits per heavy atom. The highest BCUT2D eigenvalue weighted by Gasteiger charge is 2.09. The summed E-state index contributed by atoms with van der Waals surface area (Å²) < 4.78 is 1.93. The minimum Gasteiger partial charge on any atom is -0.338 e. The molecule has 0 radical (unpaired) electrons. The Hall–Kier alpha value is -1.32. The van der Waals surface area contributed by atoms with Gasteiger partial charge in [-0.25, -0.2) is 4.98 Å². The van der Waals surface area contributed by atoms with E-state index in [0.717, 1.165) is 12.2 Å². The Morgan fingerprint density at radius 2 is 2.36 bits per heavy atom. The van der Waals surface area contributed by atoms with Crippen LogP contribution in [-0.4, -0.2) is 27.4 Å². The summed E-state index contributed by atoms with van der Waals surface area (Å²) >= 11 is 0. The van der Waals surface area contributed by atoms with Gasteiger partial charge >= 0.3 is 0 Å². The van der Waals surface area contributed by atoms with Gasteiger partial charge in [-0.05, 0) is 6.42 Å². The molecule has 0 N–H and O–H groups in total. The van der Waals surface area contributed by atoms with E-state index >= 15 is 0 Å². The zero-order valence-electron chi connectivity index (χ0n) is 9.03. The summed E-state index contributed by atoms with van der Waals surface area (Å²) in [6.45, 7) is 2.59. The quantitative estimate of drug-likeness (QED) is 0.723. The number of nitrogens with zero attached hydrogens (tertiary/aromatic N) is 3. The molecule has 1 amide bonds. The van der Waals surface area contributed by atoms with Crippen molar-refractivity contribution >= 4 is 5.91 Å². The molecule has 14 heavy (non-hydrogen) atoms. The average molecular weight is 195 g/mol. The third kappa shape index (κ3) is 2.58. The Morgan fingerprint density at radius 1 is 1.64 bits per heavy atom. The number of aryl methyl sites for hydroxylation is 1. The molecule has 0 aliphatic rings. The Kier molecular flexibility index (Phi) is 3.68. The first-order valence-electron chi connectivity index (χ1n) is 4.85. The second kappa shape index (κ2) is 4.79. The van der Waals surface area contributed by atoms with E-state index in [4.69, 9.17) is 0 Å². The van der Waals surface area contributed by atoms with Crippen LogP contribution in [0.2, 0.25) is 0 Å². The third-order valence-electron chi connectivity index (χ3n) is 2.19. The number of aromatic nitrogens is 2. The number of carbonyl (C=O) groups is 1. The highest BCUT2D eigenvalue weighted by molar-refractivity contribution is 5.75. The summed E-state index contributed by atoms with van der Waals surface area (Å²) in [5.41, 5.74) is 0. The molecule has 0 spiro atoms. The number of hydrogen-bond donors (Lipinski definition) is 0. The normalized spacial score (nSPS) is 10.2. The van der Waals surface area contributed by atoms with Gasteiger partial charge in [-0.2, -0.15) is 0 Å². The van der Waals surface area contributed by atoms with Crippen LogP contribution in [0.5, 0.6) is 0 Å². The van der Waals surface area contributed by atoms with Gasteiger partial charge in [-0.15, -0.1) is 0 Å². The van der Waals surface area contributed by atoms with Crippen molar-refractivity contribution in [3.05, 3.63) is 18.2 Å². The second-order valence-corrected chi connectivity index (χ2v) is 3.45. The number of hydrogen-bond acceptors (Lipinski definition) is 2. The van der Waals surface area contributed by atoms with E-state index in [0.29, 0.717) is 13.0 Å². The van der Waals surface area contributed by atoms with Crippen molar-refractivity contribution in [2.45, 2.75) is 26.3 Å². The topological polar surface area (TPSA) is 38.1 Å². The Labute approximate surface area is 84.5 Å². The molecule has 4 nitrogen and oxygen atoms in total. The summed E-state index contributed by atoms with van der Waals surface area (Å²) in [4.78, 5) is 17.4. The molecule has 1 aromatic heterocycles. The molecule has 4 heteroatoms. The first-order chi connectivity index (χ1) is 6.65. The fourth-order valence-electron chi connectivity index (χ4n) is 1.25. The molecule has 0 unspecified atom stereocenters. The summed E-state index contributed by atoms with van der Waals surface area (Å²) in [5, 5.41) is 0. The van der Waals surface area contributed by atoms with E-state index < -0.39 is 0 Å². The fourth-order valence-corrected chi connectivity index (χ4v) is 1.25. The highest BCUT2D eigenvalue weighted by atomic mass is 16.2. The monoisotopic (exact) mass is 195 g/mol. The zero-order chi connectivity index (χ0) is 10.6. The van der Waals surface area contributed by atoms with Crippen LogP contribution < -0.4 is 0 Å². The molecule has 0 atom stereocenters. The minimum absolute atomic E-state index is 0.176. The van der Waals surface area contributed by atoms with Crippen LogP contribution in [0.3, 0.4) is 0 Å². The summed E-state index contributed by atoms with van der Waals surface area (Å²) in [7, 11) is 3.74. The van der Waals surface area contributed by atoms with Gasteiger partial charge in [0.25, 0.3) is 0 Å². The molecule has 1 aromatic rings. The van der Waals surface area contributed by atoms with Crippen LogP contribution in [0, 0.1) is 0 Å². The van der Waals surface area contributed by atoms with Crippen LogP contribution in [-0.2, 0) is 18.4 Å². The molecule has 0 bridgehead atoms.